The molecule has 1 spiro atoms. The number of hydrogen-bond acceptors (Lipinski definition) is 5. The smallest absolute Gasteiger partial charge is 0.305 e. The summed E-state index contributed by atoms with van der Waals surface area (Å²) in [6, 6.07) is 7.26. The number of rotatable bonds is 7. The van der Waals surface area contributed by atoms with Gasteiger partial charge in [-0.15, -0.1) is 0 Å². The van der Waals surface area contributed by atoms with Gasteiger partial charge in [0.25, 0.3) is 11.8 Å². The molecule has 0 bridgehead atoms. The van der Waals surface area contributed by atoms with E-state index in [1.807, 2.05) is 12.1 Å². The average molecular weight is 553 g/mol. The second-order valence-corrected chi connectivity index (χ2v) is 13.8. The van der Waals surface area contributed by atoms with Gasteiger partial charge in [0, 0.05) is 25.2 Å². The van der Waals surface area contributed by atoms with Crippen LogP contribution in [0.5, 0.6) is 0 Å². The molecule has 0 unspecified atom stereocenters. The van der Waals surface area contributed by atoms with Gasteiger partial charge in [0.2, 0.25) is 0 Å². The zero-order chi connectivity index (χ0) is 29.3. The molecule has 1 aliphatic carbocycles. The normalized spacial score (nSPS) is 25.6. The molecule has 1 aromatic carbocycles. The molecule has 0 aromatic heterocycles. The van der Waals surface area contributed by atoms with Crippen molar-refractivity contribution in [1.82, 2.24) is 15.1 Å². The monoisotopic (exact) mass is 552 g/mol. The van der Waals surface area contributed by atoms with Crippen LogP contribution in [-0.4, -0.2) is 63.8 Å². The Hall–Kier alpha value is -2.90. The van der Waals surface area contributed by atoms with Crippen LogP contribution in [0.25, 0.3) is 0 Å². The molecule has 0 radical (unpaired) electrons. The number of likely N-dealkylation sites (tertiary alicyclic amines) is 1. The van der Waals surface area contributed by atoms with Gasteiger partial charge in [-0.05, 0) is 79.4 Å². The molecular weight excluding hydrogens is 504 g/mol. The van der Waals surface area contributed by atoms with Crippen LogP contribution >= 0.6 is 0 Å². The van der Waals surface area contributed by atoms with Crippen molar-refractivity contribution in [2.45, 2.75) is 105 Å². The van der Waals surface area contributed by atoms with Crippen LogP contribution in [0.15, 0.2) is 29.3 Å². The van der Waals surface area contributed by atoms with E-state index in [1.54, 1.807) is 12.1 Å². The van der Waals surface area contributed by atoms with Gasteiger partial charge in [-0.1, -0.05) is 53.7 Å². The van der Waals surface area contributed by atoms with E-state index in [4.69, 9.17) is 10.1 Å². The number of amides is 2. The highest BCUT2D eigenvalue weighted by atomic mass is 16.4. The summed E-state index contributed by atoms with van der Waals surface area (Å²) in [7, 11) is 0. The summed E-state index contributed by atoms with van der Waals surface area (Å²) in [5.74, 6) is 0.0312. The third-order valence-corrected chi connectivity index (χ3v) is 9.48. The van der Waals surface area contributed by atoms with E-state index in [9.17, 15) is 14.4 Å². The Kier molecular flexibility index (Phi) is 8.67. The number of aliphatic imine (C=N–C) groups is 1. The molecule has 4 rings (SSSR count). The molecule has 2 fully saturated rings. The number of carbonyl (C=O) groups excluding carboxylic acids is 2. The number of amidine groups is 1. The minimum atomic E-state index is -0.947. The average Bonchev–Trinajstić information content (AvgIpc) is 3.16. The molecule has 2 N–H and O–H groups in total. The molecule has 8 heteroatoms. The van der Waals surface area contributed by atoms with Crippen LogP contribution in [0.2, 0.25) is 0 Å². The number of aliphatic carboxylic acids is 1. The second-order valence-electron chi connectivity index (χ2n) is 13.8. The molecule has 1 aromatic rings. The van der Waals surface area contributed by atoms with Gasteiger partial charge in [-0.3, -0.25) is 14.4 Å². The zero-order valence-corrected chi connectivity index (χ0v) is 25.3. The van der Waals surface area contributed by atoms with Crippen LogP contribution in [0, 0.1) is 16.7 Å². The maximum atomic E-state index is 14.3. The highest BCUT2D eigenvalue weighted by Gasteiger charge is 2.53. The third-order valence-electron chi connectivity index (χ3n) is 9.48. The Morgan fingerprint density at radius 2 is 1.68 bits per heavy atom. The summed E-state index contributed by atoms with van der Waals surface area (Å²) in [5, 5.41) is 11.5. The van der Waals surface area contributed by atoms with Gasteiger partial charge in [0.1, 0.15) is 5.66 Å². The van der Waals surface area contributed by atoms with Gasteiger partial charge in [0.05, 0.1) is 12.5 Å². The van der Waals surface area contributed by atoms with Gasteiger partial charge in [0.15, 0.2) is 5.84 Å². The van der Waals surface area contributed by atoms with E-state index in [1.165, 1.54) is 0 Å². The molecule has 3 aliphatic rings. The summed E-state index contributed by atoms with van der Waals surface area (Å²) >= 11 is 0. The first-order valence-electron chi connectivity index (χ1n) is 15.0. The standard InChI is InChI=1S/C32H48N4O4/c1-7-25(22-8-10-23(11-9-22)28(39)33-19-14-26(37)38)36-29(40)27(35-20-17-31(5,6)18-21-35)34-32(36)15-12-24(13-16-32)30(2,3)4/h8-11,24-25H,7,12-21H2,1-6H3,(H,33,39)(H,37,38)/t24?,25-,32?/m1/s1. The Balaban J connectivity index is 1.60. The first-order chi connectivity index (χ1) is 18.8. The number of carbonyl (C=O) groups is 3. The Morgan fingerprint density at radius 1 is 1.07 bits per heavy atom. The molecule has 8 nitrogen and oxygen atoms in total. The van der Waals surface area contributed by atoms with E-state index in [0.29, 0.717) is 17.3 Å². The third kappa shape index (κ3) is 6.36. The van der Waals surface area contributed by atoms with Crippen molar-refractivity contribution in [3.05, 3.63) is 35.4 Å². The lowest BCUT2D eigenvalue weighted by Crippen LogP contribution is -2.52. The molecule has 1 atom stereocenters. The van der Waals surface area contributed by atoms with Gasteiger partial charge < -0.3 is 20.2 Å². The second kappa shape index (κ2) is 11.5. The van der Waals surface area contributed by atoms with Crippen LogP contribution in [0.1, 0.15) is 115 Å². The fourth-order valence-corrected chi connectivity index (χ4v) is 6.66. The number of nitrogens with zero attached hydrogens (tertiary/aromatic N) is 3. The number of hydrogen-bond donors (Lipinski definition) is 2. The summed E-state index contributed by atoms with van der Waals surface area (Å²) in [5.41, 5.74) is 1.45. The van der Waals surface area contributed by atoms with Crippen molar-refractivity contribution in [2.75, 3.05) is 19.6 Å². The van der Waals surface area contributed by atoms with E-state index >= 15 is 0 Å². The van der Waals surface area contributed by atoms with E-state index in [-0.39, 0.29) is 41.7 Å². The number of carboxylic acid groups (broad SMARTS) is 1. The summed E-state index contributed by atoms with van der Waals surface area (Å²) in [4.78, 5) is 47.2. The Morgan fingerprint density at radius 3 is 2.20 bits per heavy atom. The van der Waals surface area contributed by atoms with Gasteiger partial charge in [-0.2, -0.15) is 0 Å². The Labute approximate surface area is 239 Å². The van der Waals surface area contributed by atoms with Crippen LogP contribution < -0.4 is 5.32 Å². The molecule has 2 heterocycles. The minimum absolute atomic E-state index is 0.0382. The zero-order valence-electron chi connectivity index (χ0n) is 25.3. The highest BCUT2D eigenvalue weighted by Crippen LogP contribution is 2.49. The van der Waals surface area contributed by atoms with Crippen molar-refractivity contribution in [1.29, 1.82) is 0 Å². The van der Waals surface area contributed by atoms with Crippen molar-refractivity contribution >= 4 is 23.6 Å². The largest absolute Gasteiger partial charge is 0.481 e. The number of nitrogens with one attached hydrogen (secondary N) is 1. The van der Waals surface area contributed by atoms with Gasteiger partial charge in [-0.25, -0.2) is 4.99 Å². The number of piperidine rings is 1. The maximum absolute atomic E-state index is 14.3. The summed E-state index contributed by atoms with van der Waals surface area (Å²) in [6.07, 6.45) is 6.54. The Bertz CT molecular complexity index is 1120. The predicted molar refractivity (Wildman–Crippen MR) is 157 cm³/mol. The van der Waals surface area contributed by atoms with Crippen molar-refractivity contribution in [2.24, 2.45) is 21.7 Å². The topological polar surface area (TPSA) is 102 Å². The molecule has 2 amide bonds. The van der Waals surface area contributed by atoms with E-state index < -0.39 is 11.6 Å². The molecule has 40 heavy (non-hydrogen) atoms. The predicted octanol–water partition coefficient (Wildman–Crippen LogP) is 5.64. The van der Waals surface area contributed by atoms with Crippen LogP contribution in [0.4, 0.5) is 0 Å². The summed E-state index contributed by atoms with van der Waals surface area (Å²) < 4.78 is 0. The number of benzene rings is 1. The lowest BCUT2D eigenvalue weighted by molar-refractivity contribution is -0.137. The van der Waals surface area contributed by atoms with Crippen LogP contribution in [-0.2, 0) is 9.59 Å². The first-order valence-corrected chi connectivity index (χ1v) is 15.0. The first kappa shape index (κ1) is 30.1. The lowest BCUT2D eigenvalue weighted by Gasteiger charge is -2.47. The molecule has 2 aliphatic heterocycles. The van der Waals surface area contributed by atoms with Crippen molar-refractivity contribution in [3.8, 4) is 0 Å². The number of carboxylic acids is 1. The fourth-order valence-electron chi connectivity index (χ4n) is 6.66. The molecule has 1 saturated heterocycles. The fraction of sp³-hybridized carbons (Fsp3) is 0.688. The summed E-state index contributed by atoms with van der Waals surface area (Å²) in [6.45, 7) is 15.4. The maximum Gasteiger partial charge on any atom is 0.305 e. The highest BCUT2D eigenvalue weighted by molar-refractivity contribution is 6.39. The van der Waals surface area contributed by atoms with Crippen molar-refractivity contribution in [3.63, 3.8) is 0 Å². The van der Waals surface area contributed by atoms with E-state index in [2.05, 4.69) is 56.7 Å². The quantitative estimate of drug-likeness (QED) is 0.456. The molecule has 1 saturated carbocycles. The van der Waals surface area contributed by atoms with E-state index in [0.717, 1.165) is 63.6 Å². The van der Waals surface area contributed by atoms with Crippen LogP contribution in [0.3, 0.4) is 0 Å². The van der Waals surface area contributed by atoms with Gasteiger partial charge >= 0.3 is 5.97 Å². The SMILES string of the molecule is CC[C@H](c1ccc(C(=O)NCCC(=O)O)cc1)N1C(=O)C(N2CCC(C)(C)CC2)=NC12CCC(C(C)(C)C)CC2. The minimum Gasteiger partial charge on any atom is -0.481 e. The molecule has 220 valence electrons. The van der Waals surface area contributed by atoms with Crippen molar-refractivity contribution < 1.29 is 19.5 Å². The molecular formula is C32H48N4O4. The lowest BCUT2D eigenvalue weighted by atomic mass is 9.69.